The number of hydrogen-bond acceptors (Lipinski definition) is 2. The number of halogens is 1. The Morgan fingerprint density at radius 2 is 1.80 bits per heavy atom. The molecule has 2 nitrogen and oxygen atoms in total. The number of hydrazine groups is 1. The molecule has 0 aliphatic rings. The molecule has 20 heavy (non-hydrogen) atoms. The second-order valence-electron chi connectivity index (χ2n) is 5.32. The third-order valence-electron chi connectivity index (χ3n) is 3.81. The normalized spacial score (nSPS) is 12.4. The molecule has 1 unspecified atom stereocenters. The van der Waals surface area contributed by atoms with Crippen molar-refractivity contribution in [1.29, 1.82) is 0 Å². The van der Waals surface area contributed by atoms with E-state index in [-0.39, 0.29) is 6.04 Å². The average molecular weight is 333 g/mol. The van der Waals surface area contributed by atoms with Crippen LogP contribution in [0.25, 0.3) is 0 Å². The van der Waals surface area contributed by atoms with E-state index >= 15 is 0 Å². The summed E-state index contributed by atoms with van der Waals surface area (Å²) in [5.74, 6) is 5.77. The first-order valence-corrected chi connectivity index (χ1v) is 7.59. The van der Waals surface area contributed by atoms with Gasteiger partial charge in [-0.2, -0.15) is 0 Å². The zero-order chi connectivity index (χ0) is 14.7. The van der Waals surface area contributed by atoms with Crippen LogP contribution in [0.2, 0.25) is 0 Å². The molecule has 0 radical (unpaired) electrons. The number of nitrogens with one attached hydrogen (secondary N) is 1. The highest BCUT2D eigenvalue weighted by Gasteiger charge is 2.15. The molecule has 3 heteroatoms. The van der Waals surface area contributed by atoms with Crippen molar-refractivity contribution in [2.24, 2.45) is 5.84 Å². The highest BCUT2D eigenvalue weighted by Crippen LogP contribution is 2.28. The molecule has 2 aromatic rings. The highest BCUT2D eigenvalue weighted by atomic mass is 79.9. The van der Waals surface area contributed by atoms with E-state index < -0.39 is 0 Å². The molecule has 0 aliphatic carbocycles. The third-order valence-corrected chi connectivity index (χ3v) is 4.89. The van der Waals surface area contributed by atoms with Crippen molar-refractivity contribution in [3.05, 3.63) is 68.7 Å². The molecule has 0 fully saturated rings. The maximum Gasteiger partial charge on any atom is 0.0511 e. The summed E-state index contributed by atoms with van der Waals surface area (Å²) in [6.07, 6.45) is 0.875. The smallest absolute Gasteiger partial charge is 0.0511 e. The SMILES string of the molecule is Cc1ccc(CC(NN)c2cccc(C)c2Br)cc1C. The first kappa shape index (κ1) is 15.2. The van der Waals surface area contributed by atoms with Crippen molar-refractivity contribution in [2.45, 2.75) is 33.2 Å². The molecular weight excluding hydrogens is 312 g/mol. The molecule has 0 aromatic heterocycles. The molecule has 1 atom stereocenters. The Morgan fingerprint density at radius 3 is 2.45 bits per heavy atom. The Morgan fingerprint density at radius 1 is 1.05 bits per heavy atom. The molecule has 0 heterocycles. The van der Waals surface area contributed by atoms with E-state index in [9.17, 15) is 0 Å². The quantitative estimate of drug-likeness (QED) is 0.652. The number of rotatable bonds is 4. The fraction of sp³-hybridized carbons (Fsp3) is 0.294. The molecule has 2 aromatic carbocycles. The van der Waals surface area contributed by atoms with Gasteiger partial charge in [0.05, 0.1) is 6.04 Å². The summed E-state index contributed by atoms with van der Waals surface area (Å²) >= 11 is 3.67. The van der Waals surface area contributed by atoms with Crippen LogP contribution in [0.5, 0.6) is 0 Å². The Bertz CT molecular complexity index is 608. The van der Waals surface area contributed by atoms with Gasteiger partial charge in [-0.3, -0.25) is 11.3 Å². The Hall–Kier alpha value is -1.16. The Balaban J connectivity index is 2.28. The molecule has 0 saturated heterocycles. The molecule has 0 aliphatic heterocycles. The summed E-state index contributed by atoms with van der Waals surface area (Å²) < 4.78 is 1.13. The summed E-state index contributed by atoms with van der Waals surface area (Å²) in [6, 6.07) is 13.0. The zero-order valence-corrected chi connectivity index (χ0v) is 13.8. The second kappa shape index (κ2) is 6.53. The van der Waals surface area contributed by atoms with Gasteiger partial charge in [-0.05, 0) is 55.0 Å². The van der Waals surface area contributed by atoms with Crippen molar-refractivity contribution < 1.29 is 0 Å². The van der Waals surface area contributed by atoms with Crippen molar-refractivity contribution in [1.82, 2.24) is 5.43 Å². The molecule has 3 N–H and O–H groups in total. The van der Waals surface area contributed by atoms with E-state index in [4.69, 9.17) is 5.84 Å². The average Bonchev–Trinajstić information content (AvgIpc) is 2.43. The topological polar surface area (TPSA) is 38.0 Å². The predicted octanol–water partition coefficient (Wildman–Crippen LogP) is 4.12. The van der Waals surface area contributed by atoms with Gasteiger partial charge < -0.3 is 0 Å². The maximum atomic E-state index is 5.77. The van der Waals surface area contributed by atoms with E-state index in [1.165, 1.54) is 27.8 Å². The summed E-state index contributed by atoms with van der Waals surface area (Å²) in [5.41, 5.74) is 9.30. The van der Waals surface area contributed by atoms with Gasteiger partial charge in [-0.15, -0.1) is 0 Å². The van der Waals surface area contributed by atoms with Gasteiger partial charge in [0, 0.05) is 4.47 Å². The van der Waals surface area contributed by atoms with Crippen molar-refractivity contribution >= 4 is 15.9 Å². The minimum atomic E-state index is 0.103. The van der Waals surface area contributed by atoms with Gasteiger partial charge >= 0.3 is 0 Å². The minimum Gasteiger partial charge on any atom is -0.271 e. The number of hydrogen-bond donors (Lipinski definition) is 2. The number of benzene rings is 2. The monoisotopic (exact) mass is 332 g/mol. The van der Waals surface area contributed by atoms with Gasteiger partial charge in [0.15, 0.2) is 0 Å². The summed E-state index contributed by atoms with van der Waals surface area (Å²) in [4.78, 5) is 0. The lowest BCUT2D eigenvalue weighted by atomic mass is 9.96. The Labute approximate surface area is 129 Å². The summed E-state index contributed by atoms with van der Waals surface area (Å²) in [6.45, 7) is 6.37. The first-order chi connectivity index (χ1) is 9.52. The van der Waals surface area contributed by atoms with E-state index in [1.54, 1.807) is 0 Å². The van der Waals surface area contributed by atoms with E-state index in [2.05, 4.69) is 78.5 Å². The van der Waals surface area contributed by atoms with Crippen molar-refractivity contribution in [3.8, 4) is 0 Å². The standard InChI is InChI=1S/C17H21BrN2/c1-11-7-8-14(9-13(11)3)10-16(20-19)15-6-4-5-12(2)17(15)18/h4-9,16,20H,10,19H2,1-3H3. The predicted molar refractivity (Wildman–Crippen MR) is 88.6 cm³/mol. The van der Waals surface area contributed by atoms with E-state index in [1.807, 2.05) is 0 Å². The van der Waals surface area contributed by atoms with Crippen LogP contribution in [0.3, 0.4) is 0 Å². The largest absolute Gasteiger partial charge is 0.271 e. The van der Waals surface area contributed by atoms with Gasteiger partial charge in [0.25, 0.3) is 0 Å². The van der Waals surface area contributed by atoms with Crippen molar-refractivity contribution in [2.75, 3.05) is 0 Å². The number of nitrogens with two attached hydrogens (primary N) is 1. The molecule has 106 valence electrons. The number of aryl methyl sites for hydroxylation is 3. The third kappa shape index (κ3) is 3.29. The molecule has 0 amide bonds. The summed E-state index contributed by atoms with van der Waals surface area (Å²) in [7, 11) is 0. The minimum absolute atomic E-state index is 0.103. The second-order valence-corrected chi connectivity index (χ2v) is 6.11. The summed E-state index contributed by atoms with van der Waals surface area (Å²) in [5, 5.41) is 0. The molecule has 0 bridgehead atoms. The lowest BCUT2D eigenvalue weighted by Gasteiger charge is -2.19. The van der Waals surface area contributed by atoms with Gasteiger partial charge in [-0.1, -0.05) is 52.3 Å². The molecule has 0 spiro atoms. The maximum absolute atomic E-state index is 5.77. The molecule has 0 saturated carbocycles. The first-order valence-electron chi connectivity index (χ1n) is 6.80. The lowest BCUT2D eigenvalue weighted by Crippen LogP contribution is -2.30. The van der Waals surface area contributed by atoms with Crippen LogP contribution in [0.1, 0.15) is 33.9 Å². The van der Waals surface area contributed by atoms with Gasteiger partial charge in [0.2, 0.25) is 0 Å². The van der Waals surface area contributed by atoms with Crippen LogP contribution >= 0.6 is 15.9 Å². The Kier molecular flexibility index (Phi) is 4.97. The van der Waals surface area contributed by atoms with E-state index in [0.29, 0.717) is 0 Å². The highest BCUT2D eigenvalue weighted by molar-refractivity contribution is 9.10. The van der Waals surface area contributed by atoms with Crippen LogP contribution in [-0.4, -0.2) is 0 Å². The molecular formula is C17H21BrN2. The fourth-order valence-electron chi connectivity index (χ4n) is 2.36. The van der Waals surface area contributed by atoms with Crippen LogP contribution in [0.15, 0.2) is 40.9 Å². The van der Waals surface area contributed by atoms with Gasteiger partial charge in [0.1, 0.15) is 0 Å². The van der Waals surface area contributed by atoms with Crippen LogP contribution < -0.4 is 11.3 Å². The fourth-order valence-corrected chi connectivity index (χ4v) is 2.90. The molecule has 2 rings (SSSR count). The van der Waals surface area contributed by atoms with Crippen LogP contribution in [0.4, 0.5) is 0 Å². The van der Waals surface area contributed by atoms with Crippen molar-refractivity contribution in [3.63, 3.8) is 0 Å². The van der Waals surface area contributed by atoms with Crippen LogP contribution in [0, 0.1) is 20.8 Å². The van der Waals surface area contributed by atoms with Gasteiger partial charge in [-0.25, -0.2) is 0 Å². The van der Waals surface area contributed by atoms with Crippen LogP contribution in [-0.2, 0) is 6.42 Å². The zero-order valence-electron chi connectivity index (χ0n) is 12.2. The van der Waals surface area contributed by atoms with E-state index in [0.717, 1.165) is 10.9 Å². The lowest BCUT2D eigenvalue weighted by molar-refractivity contribution is 0.549.